The van der Waals surface area contributed by atoms with Gasteiger partial charge in [-0.05, 0) is 57.4 Å². The molecular weight excluding hydrogens is 468 g/mol. The molecule has 4 N–H and O–H groups in total. The molecule has 2 saturated carbocycles. The van der Waals surface area contributed by atoms with Crippen LogP contribution in [0.1, 0.15) is 82.4 Å². The molecular formula is C27H36N8O2. The van der Waals surface area contributed by atoms with Crippen LogP contribution in [0, 0.1) is 17.2 Å². The van der Waals surface area contributed by atoms with Crippen molar-refractivity contribution in [3.63, 3.8) is 0 Å². The number of hydrogen-bond donors (Lipinski definition) is 4. The van der Waals surface area contributed by atoms with E-state index in [-0.39, 0.29) is 17.7 Å². The summed E-state index contributed by atoms with van der Waals surface area (Å²) in [5, 5.41) is 26.0. The molecule has 37 heavy (non-hydrogen) atoms. The summed E-state index contributed by atoms with van der Waals surface area (Å²) in [6.07, 6.45) is 13.2. The summed E-state index contributed by atoms with van der Waals surface area (Å²) in [5.74, 6) is 1.95. The Labute approximate surface area is 216 Å². The topological polar surface area (TPSA) is 142 Å². The van der Waals surface area contributed by atoms with Crippen LogP contribution in [0.3, 0.4) is 0 Å². The molecule has 5 rings (SSSR count). The lowest BCUT2D eigenvalue weighted by atomic mass is 9.80. The number of carbonyl (C=O) groups excluding carboxylic acids is 1. The van der Waals surface area contributed by atoms with Gasteiger partial charge < -0.3 is 20.3 Å². The number of aromatic nitrogens is 5. The number of pyridine rings is 1. The summed E-state index contributed by atoms with van der Waals surface area (Å²) in [6.45, 7) is 4.58. The van der Waals surface area contributed by atoms with E-state index in [1.165, 1.54) is 38.5 Å². The molecule has 3 heterocycles. The van der Waals surface area contributed by atoms with Gasteiger partial charge in [-0.2, -0.15) is 0 Å². The first-order chi connectivity index (χ1) is 17.9. The first-order valence-electron chi connectivity index (χ1n) is 13.4. The molecule has 0 bridgehead atoms. The van der Waals surface area contributed by atoms with Gasteiger partial charge in [0.2, 0.25) is 6.41 Å². The molecule has 2 aliphatic rings. The largest absolute Gasteiger partial charge is 0.377 e. The normalized spacial score (nSPS) is 19.1. The molecule has 10 heteroatoms. The highest BCUT2D eigenvalue weighted by atomic mass is 16.3. The first kappa shape index (κ1) is 25.3. The SMILES string of the molecule is C[C@@H](Nc1nc(C(=N)NC=O)nc2nc(C(C)(O)c3cccnc3)n(CC3CCCCC3)c12)C1CCC1. The molecule has 1 amide bonds. The van der Waals surface area contributed by atoms with E-state index in [2.05, 4.69) is 32.1 Å². The van der Waals surface area contributed by atoms with Crippen molar-refractivity contribution in [2.75, 3.05) is 5.32 Å². The lowest BCUT2D eigenvalue weighted by Crippen LogP contribution is -2.32. The van der Waals surface area contributed by atoms with Gasteiger partial charge in [0.05, 0.1) is 0 Å². The minimum atomic E-state index is -1.42. The summed E-state index contributed by atoms with van der Waals surface area (Å²) in [4.78, 5) is 29.4. The summed E-state index contributed by atoms with van der Waals surface area (Å²) >= 11 is 0. The van der Waals surface area contributed by atoms with E-state index >= 15 is 0 Å². The van der Waals surface area contributed by atoms with Crippen LogP contribution in [-0.4, -0.2) is 47.9 Å². The average Bonchev–Trinajstić information content (AvgIpc) is 3.23. The van der Waals surface area contributed by atoms with Crippen molar-refractivity contribution in [1.82, 2.24) is 29.8 Å². The minimum Gasteiger partial charge on any atom is -0.377 e. The van der Waals surface area contributed by atoms with Crippen molar-refractivity contribution >= 4 is 29.2 Å². The Morgan fingerprint density at radius 3 is 2.65 bits per heavy atom. The van der Waals surface area contributed by atoms with Crippen LogP contribution in [0.25, 0.3) is 11.2 Å². The fourth-order valence-electron chi connectivity index (χ4n) is 5.60. The smallest absolute Gasteiger partial charge is 0.212 e. The number of imidazole rings is 1. The second-order valence-corrected chi connectivity index (χ2v) is 10.7. The fourth-order valence-corrected chi connectivity index (χ4v) is 5.60. The van der Waals surface area contributed by atoms with E-state index in [1.807, 2.05) is 6.07 Å². The Morgan fingerprint density at radius 2 is 2.00 bits per heavy atom. The van der Waals surface area contributed by atoms with Crippen molar-refractivity contribution < 1.29 is 9.90 Å². The van der Waals surface area contributed by atoms with Crippen LogP contribution in [0.2, 0.25) is 0 Å². The predicted octanol–water partition coefficient (Wildman–Crippen LogP) is 3.73. The zero-order valence-electron chi connectivity index (χ0n) is 21.6. The van der Waals surface area contributed by atoms with Gasteiger partial charge in [0.15, 0.2) is 23.1 Å². The van der Waals surface area contributed by atoms with E-state index in [4.69, 9.17) is 15.4 Å². The Kier molecular flexibility index (Phi) is 7.19. The van der Waals surface area contributed by atoms with Gasteiger partial charge in [-0.3, -0.25) is 15.2 Å². The molecule has 2 atom stereocenters. The van der Waals surface area contributed by atoms with Crippen molar-refractivity contribution in [1.29, 1.82) is 5.41 Å². The van der Waals surface area contributed by atoms with Crippen LogP contribution < -0.4 is 10.6 Å². The second kappa shape index (κ2) is 10.5. The maximum atomic E-state index is 11.8. The fraction of sp³-hybridized carbons (Fsp3) is 0.556. The highest BCUT2D eigenvalue weighted by Crippen LogP contribution is 2.37. The Balaban J connectivity index is 1.68. The number of nitrogens with zero attached hydrogens (tertiary/aromatic N) is 5. The molecule has 2 fully saturated rings. The number of anilines is 1. The molecule has 3 aromatic heterocycles. The number of nitrogens with one attached hydrogen (secondary N) is 3. The maximum Gasteiger partial charge on any atom is 0.212 e. The third kappa shape index (κ3) is 5.07. The number of fused-ring (bicyclic) bond motifs is 1. The number of aliphatic hydroxyl groups is 1. The molecule has 2 aliphatic carbocycles. The molecule has 1 unspecified atom stereocenters. The third-order valence-corrected chi connectivity index (χ3v) is 8.08. The standard InChI is InChI=1S/C27H36N8O2/c1-17(19-10-6-11-19)31-23-21-24(33-25(32-23)22(28)30-16-36)34-26(27(2,37)20-12-7-13-29-14-20)35(21)15-18-8-4-3-5-9-18/h7,12-14,16-19,37H,3-6,8-11,15H2,1-2H3,(H2,28,30,36)(H,31,32,33)/t17-,27?/m1/s1. The lowest BCUT2D eigenvalue weighted by molar-refractivity contribution is -0.108. The van der Waals surface area contributed by atoms with Gasteiger partial charge in [-0.25, -0.2) is 15.0 Å². The second-order valence-electron chi connectivity index (χ2n) is 10.7. The molecule has 196 valence electrons. The zero-order valence-corrected chi connectivity index (χ0v) is 21.6. The zero-order chi connectivity index (χ0) is 26.0. The highest BCUT2D eigenvalue weighted by molar-refractivity contribution is 6.00. The minimum absolute atomic E-state index is 0.0813. The van der Waals surface area contributed by atoms with Gasteiger partial charge in [0.1, 0.15) is 16.9 Å². The van der Waals surface area contributed by atoms with Gasteiger partial charge >= 0.3 is 0 Å². The summed E-state index contributed by atoms with van der Waals surface area (Å²) in [6, 6.07) is 3.82. The molecule has 0 aliphatic heterocycles. The van der Waals surface area contributed by atoms with Gasteiger partial charge in [0, 0.05) is 30.5 Å². The van der Waals surface area contributed by atoms with Crippen LogP contribution >= 0.6 is 0 Å². The summed E-state index contributed by atoms with van der Waals surface area (Å²) in [7, 11) is 0. The number of amides is 1. The maximum absolute atomic E-state index is 11.8. The van der Waals surface area contributed by atoms with E-state index in [9.17, 15) is 9.90 Å². The Bertz CT molecular complexity index is 1260. The lowest BCUT2D eigenvalue weighted by Gasteiger charge is -2.32. The van der Waals surface area contributed by atoms with Gasteiger partial charge in [-0.15, -0.1) is 0 Å². The molecule has 0 radical (unpaired) electrons. The summed E-state index contributed by atoms with van der Waals surface area (Å²) < 4.78 is 2.08. The van der Waals surface area contributed by atoms with E-state index < -0.39 is 5.60 Å². The van der Waals surface area contributed by atoms with Crippen molar-refractivity contribution in [2.45, 2.75) is 83.4 Å². The Morgan fingerprint density at radius 1 is 1.22 bits per heavy atom. The van der Waals surface area contributed by atoms with Crippen molar-refractivity contribution in [3.8, 4) is 0 Å². The van der Waals surface area contributed by atoms with Gasteiger partial charge in [0.25, 0.3) is 0 Å². The molecule has 0 saturated heterocycles. The van der Waals surface area contributed by atoms with Crippen LogP contribution in [0.15, 0.2) is 24.5 Å². The van der Waals surface area contributed by atoms with Crippen LogP contribution in [-0.2, 0) is 16.9 Å². The number of rotatable bonds is 9. The number of hydrogen-bond acceptors (Lipinski definition) is 8. The van der Waals surface area contributed by atoms with Crippen molar-refractivity contribution in [3.05, 3.63) is 41.7 Å². The van der Waals surface area contributed by atoms with Crippen LogP contribution in [0.4, 0.5) is 5.82 Å². The molecule has 0 spiro atoms. The third-order valence-electron chi connectivity index (χ3n) is 8.08. The monoisotopic (exact) mass is 504 g/mol. The predicted molar refractivity (Wildman–Crippen MR) is 141 cm³/mol. The van der Waals surface area contributed by atoms with E-state index in [1.54, 1.807) is 25.4 Å². The number of amidine groups is 1. The summed E-state index contributed by atoms with van der Waals surface area (Å²) in [5.41, 5.74) is 0.324. The van der Waals surface area contributed by atoms with Gasteiger partial charge in [-0.1, -0.05) is 31.7 Å². The molecule has 3 aromatic rings. The quantitative estimate of drug-likeness (QED) is 0.198. The van der Waals surface area contributed by atoms with Crippen LogP contribution in [0.5, 0.6) is 0 Å². The Hall–Kier alpha value is -3.40. The average molecular weight is 505 g/mol. The van der Waals surface area contributed by atoms with E-state index in [0.29, 0.717) is 47.6 Å². The first-order valence-corrected chi connectivity index (χ1v) is 13.4. The molecule has 10 nitrogen and oxygen atoms in total. The molecule has 0 aromatic carbocycles. The highest BCUT2D eigenvalue weighted by Gasteiger charge is 2.35. The number of carbonyl (C=O) groups is 1. The van der Waals surface area contributed by atoms with E-state index in [0.717, 1.165) is 18.4 Å². The van der Waals surface area contributed by atoms with Crippen molar-refractivity contribution in [2.24, 2.45) is 11.8 Å².